The van der Waals surface area contributed by atoms with Gasteiger partial charge in [-0.05, 0) is 142 Å². The van der Waals surface area contributed by atoms with Crippen LogP contribution >= 0.6 is 0 Å². The predicted molar refractivity (Wildman–Crippen MR) is 530 cm³/mol. The zero-order valence-electron chi connectivity index (χ0n) is 86.0. The summed E-state index contributed by atoms with van der Waals surface area (Å²) < 4.78 is 13.9. The van der Waals surface area contributed by atoms with E-state index in [2.05, 4.69) is 101 Å². The van der Waals surface area contributed by atoms with Crippen LogP contribution in [0.15, 0.2) is 252 Å². The Bertz CT molecular complexity index is 3720. The largest absolute Gasteiger partial charge is 0.348 e. The summed E-state index contributed by atoms with van der Waals surface area (Å²) in [5, 5.41) is 0. The van der Waals surface area contributed by atoms with Gasteiger partial charge in [-0.1, -0.05) is 218 Å². The van der Waals surface area contributed by atoms with Crippen LogP contribution in [-0.2, 0) is 49.3 Å². The quantitative estimate of drug-likeness (QED) is 0.135. The lowest BCUT2D eigenvalue weighted by molar-refractivity contribution is -0.663. The molecule has 0 spiro atoms. The van der Waals surface area contributed by atoms with Gasteiger partial charge < -0.3 is 0 Å². The number of aryl methyl sites for hydroxylation is 14. The maximum absolute atomic E-state index is 4.37. The van der Waals surface area contributed by atoms with E-state index >= 15 is 0 Å². The first-order chi connectivity index (χ1) is 61.5. The molecule has 0 bridgehead atoms. The fourth-order valence-electron chi connectivity index (χ4n) is 9.78. The average molecular weight is 1730 g/mol. The lowest BCUT2D eigenvalue weighted by Gasteiger charge is -2.00. The molecule has 0 saturated carbocycles. The van der Waals surface area contributed by atoms with E-state index in [4.69, 9.17) is 0 Å². The molecule has 0 atom stereocenters. The second-order valence-corrected chi connectivity index (χ2v) is 22.5. The van der Waals surface area contributed by atoms with Gasteiger partial charge in [-0.3, -0.25) is 15.0 Å². The third-order valence-corrected chi connectivity index (χ3v) is 15.1. The van der Waals surface area contributed by atoms with Crippen molar-refractivity contribution in [3.05, 3.63) is 291 Å². The lowest BCUT2D eigenvalue weighted by Crippen LogP contribution is -2.31. The fourth-order valence-corrected chi connectivity index (χ4v) is 9.78. The Morgan fingerprint density at radius 3 is 0.794 bits per heavy atom. The van der Waals surface area contributed by atoms with Gasteiger partial charge in [0.05, 0.1) is 126 Å². The first-order valence-corrected chi connectivity index (χ1v) is 45.4. The fraction of sp³-hybridized carbons (Fsp3) is 0.404. The molecule has 1 aromatic carbocycles. The predicted octanol–water partition coefficient (Wildman–Crippen LogP) is 22.7. The zero-order valence-corrected chi connectivity index (χ0v) is 86.0. The highest BCUT2D eigenvalue weighted by atomic mass is 15.1. The van der Waals surface area contributed by atoms with Gasteiger partial charge >= 0.3 is 40.8 Å². The highest BCUT2D eigenvalue weighted by Gasteiger charge is 2.20. The summed E-state index contributed by atoms with van der Waals surface area (Å²) in [4.78, 5) is 63.3. The minimum atomic E-state index is 0.854. The molecule has 0 amide bonds. The average Bonchev–Trinajstić information content (AvgIpc) is 0.882. The Labute approximate surface area is 765 Å². The number of hydrogen-bond donors (Lipinski definition) is 0. The number of rotatable bonds is 7. The van der Waals surface area contributed by atoms with Crippen LogP contribution in [-0.4, -0.2) is 74.8 Å². The van der Waals surface area contributed by atoms with E-state index in [1.807, 2.05) is 463 Å². The number of benzene rings is 1. The molecule has 22 nitrogen and oxygen atoms in total. The molecule has 686 valence electrons. The van der Waals surface area contributed by atoms with Crippen molar-refractivity contribution in [2.24, 2.45) is 49.3 Å². The van der Waals surface area contributed by atoms with Crippen LogP contribution in [0.2, 0.25) is 0 Å². The van der Waals surface area contributed by atoms with Crippen LogP contribution in [0.4, 0.5) is 0 Å². The van der Waals surface area contributed by atoms with Crippen molar-refractivity contribution in [2.45, 2.75) is 242 Å². The molecule has 0 saturated heterocycles. The molecule has 22 heteroatoms. The van der Waals surface area contributed by atoms with Crippen molar-refractivity contribution in [1.29, 1.82) is 0 Å². The monoisotopic (exact) mass is 1720 g/mol. The number of nitrogens with zero attached hydrogens (tertiary/aromatic N) is 22. The third kappa shape index (κ3) is 47.4. The van der Waals surface area contributed by atoms with Crippen molar-refractivity contribution >= 4 is 0 Å². The van der Waals surface area contributed by atoms with Crippen molar-refractivity contribution < 1.29 is 32.0 Å². The highest BCUT2D eigenvalue weighted by Crippen LogP contribution is 2.20. The molecule has 14 rings (SSSR count). The van der Waals surface area contributed by atoms with Crippen LogP contribution in [0, 0.1) is 48.5 Å². The number of aromatic nitrogens is 22. The Hall–Kier alpha value is -12.5. The molecule has 0 aliphatic carbocycles. The SMILES string of the molecule is CC.CC.CC.CC.CC.CC.CC.CC.CC.CC.CC.CC.CC.CC.Cc1ccccc1-c1nccc[n+]1C.Cc1cccnc1-c1nccc[n+]1C.Cc1ccncc1-c1nccc[n+]1C.Cc1cnccc1-c1nccc[n+]1C.Cc1cncnc1-c1nccc[n+]1C.Cc1ncccc1-c1nccc[n+]1C.Cc1ncncc1-c1nccc[n+]1C. The molecule has 0 radical (unpaired) electrons. The molecule has 0 N–H and O–H groups in total. The second kappa shape index (κ2) is 86.1. The third-order valence-electron chi connectivity index (χ3n) is 15.1. The molecular formula is C104H167N22+7. The van der Waals surface area contributed by atoms with Gasteiger partial charge in [-0.2, -0.15) is 0 Å². The van der Waals surface area contributed by atoms with E-state index in [0.717, 1.165) is 102 Å². The molecule has 0 aliphatic rings. The van der Waals surface area contributed by atoms with Crippen molar-refractivity contribution in [2.75, 3.05) is 0 Å². The van der Waals surface area contributed by atoms with Crippen LogP contribution < -0.4 is 32.0 Å². The topological polar surface area (TPSA) is 221 Å². The van der Waals surface area contributed by atoms with E-state index in [1.54, 1.807) is 80.7 Å². The van der Waals surface area contributed by atoms with Gasteiger partial charge in [0.15, 0.2) is 11.4 Å². The van der Waals surface area contributed by atoms with E-state index in [9.17, 15) is 0 Å². The first kappa shape index (κ1) is 127. The Kier molecular flexibility index (Phi) is 86.5. The summed E-state index contributed by atoms with van der Waals surface area (Å²) >= 11 is 0. The molecule has 13 aromatic heterocycles. The van der Waals surface area contributed by atoms with Crippen molar-refractivity contribution in [1.82, 2.24) is 74.8 Å². The van der Waals surface area contributed by atoms with Gasteiger partial charge in [0.1, 0.15) is 61.6 Å². The standard InChI is InChI=1S/C12H13N2.4C11H12N3.2C10H11N4.14C2H6/c1-10-6-3-4-7-11(10)12-13-8-5-9-14(12)2;1-9-8-12-6-4-10(9)11-13-5-3-7-14(11)2;1-9-4-6-12-8-10(9)11-13-5-3-7-14(11)2;1-9-10(5-3-6-12-9)11-13-7-4-8-14(11)2;1-9-5-3-6-12-10(9)11-13-7-4-8-14(11)2;1-8-9(6-11-7-13-8)10-12-4-3-5-14(10)2;1-8-6-11-7-13-9(8)10-12-4-3-5-14(10)2;14*1-2/h3-9H,1-2H3;4*3-8H,1-2H3;2*3-7H,1-2H3;14*1-2H3/q7*+1;;;;;;;;;;;;;;. The molecular weight excluding hydrogens is 1560 g/mol. The first-order valence-electron chi connectivity index (χ1n) is 45.4. The molecule has 0 fully saturated rings. The second-order valence-electron chi connectivity index (χ2n) is 22.5. The highest BCUT2D eigenvalue weighted by molar-refractivity contribution is 5.59. The normalized spacial score (nSPS) is 8.56. The minimum Gasteiger partial charge on any atom is -0.264 e. The van der Waals surface area contributed by atoms with Gasteiger partial charge in [0.2, 0.25) is 0 Å². The van der Waals surface area contributed by atoms with E-state index in [0.29, 0.717) is 0 Å². The Balaban J connectivity index is -0.000000250. The summed E-state index contributed by atoms with van der Waals surface area (Å²) in [5.41, 5.74) is 15.0. The summed E-state index contributed by atoms with van der Waals surface area (Å²) in [6, 6.07) is 33.5. The Morgan fingerprint density at radius 1 is 0.175 bits per heavy atom. The lowest BCUT2D eigenvalue weighted by atomic mass is 10.1. The van der Waals surface area contributed by atoms with E-state index in [-0.39, 0.29) is 0 Å². The number of pyridine rings is 4. The summed E-state index contributed by atoms with van der Waals surface area (Å²) in [6.45, 7) is 70.2. The summed E-state index contributed by atoms with van der Waals surface area (Å²) in [5.74, 6) is 6.48. The van der Waals surface area contributed by atoms with Crippen LogP contribution in [0.25, 0.3) is 80.0 Å². The summed E-state index contributed by atoms with van der Waals surface area (Å²) in [7, 11) is 13.8. The van der Waals surface area contributed by atoms with Gasteiger partial charge in [-0.25, -0.2) is 56.9 Å². The minimum absolute atomic E-state index is 0.854. The summed E-state index contributed by atoms with van der Waals surface area (Å²) in [6.07, 6.45) is 43.9. The number of hydrogen-bond acceptors (Lipinski definition) is 15. The maximum atomic E-state index is 4.37. The molecule has 14 aromatic rings. The van der Waals surface area contributed by atoms with Gasteiger partial charge in [0.25, 0.3) is 0 Å². The van der Waals surface area contributed by atoms with E-state index in [1.165, 1.54) is 23.0 Å². The van der Waals surface area contributed by atoms with Crippen LogP contribution in [0.3, 0.4) is 0 Å². The Morgan fingerprint density at radius 2 is 0.437 bits per heavy atom. The van der Waals surface area contributed by atoms with Crippen molar-refractivity contribution in [3.8, 4) is 80.0 Å². The maximum Gasteiger partial charge on any atom is 0.348 e. The molecule has 0 aliphatic heterocycles. The molecule has 13 heterocycles. The van der Waals surface area contributed by atoms with Gasteiger partial charge in [-0.15, -0.1) is 0 Å². The zero-order chi connectivity index (χ0) is 97.8. The molecule has 0 unspecified atom stereocenters. The smallest absolute Gasteiger partial charge is 0.264 e. The van der Waals surface area contributed by atoms with Crippen molar-refractivity contribution in [3.63, 3.8) is 0 Å². The van der Waals surface area contributed by atoms with Gasteiger partial charge in [0, 0.05) is 97.6 Å². The van der Waals surface area contributed by atoms with E-state index < -0.39 is 0 Å². The van der Waals surface area contributed by atoms with Crippen LogP contribution in [0.5, 0.6) is 0 Å². The van der Waals surface area contributed by atoms with Crippen LogP contribution in [0.1, 0.15) is 233 Å². The molecule has 126 heavy (non-hydrogen) atoms.